The van der Waals surface area contributed by atoms with Gasteiger partial charge in [-0.25, -0.2) is 0 Å². The van der Waals surface area contributed by atoms with Crippen LogP contribution in [0, 0.1) is 11.3 Å². The standard InChI is InChI=1S/C18H31ClO3/c1-14(2)18(3,13-19)12-15-7-8-16(21-5)17(11-15)22-10-6-9-20-4/h7-8,11,14,16-17H,6,9-10,12-13H2,1-5H3. The molecule has 0 N–H and O–H groups in total. The van der Waals surface area contributed by atoms with Gasteiger partial charge in [0.05, 0.1) is 0 Å². The summed E-state index contributed by atoms with van der Waals surface area (Å²) in [6.07, 6.45) is 8.22. The van der Waals surface area contributed by atoms with Crippen LogP contribution in [0.2, 0.25) is 0 Å². The van der Waals surface area contributed by atoms with Gasteiger partial charge >= 0.3 is 0 Å². The Labute approximate surface area is 140 Å². The van der Waals surface area contributed by atoms with E-state index >= 15 is 0 Å². The highest BCUT2D eigenvalue weighted by Crippen LogP contribution is 2.37. The van der Waals surface area contributed by atoms with Crippen molar-refractivity contribution >= 4 is 11.6 Å². The Morgan fingerprint density at radius 1 is 1.23 bits per heavy atom. The van der Waals surface area contributed by atoms with Crippen molar-refractivity contribution in [3.8, 4) is 0 Å². The molecule has 0 saturated carbocycles. The van der Waals surface area contributed by atoms with Crippen LogP contribution in [-0.4, -0.2) is 45.5 Å². The van der Waals surface area contributed by atoms with Crippen LogP contribution in [0.4, 0.5) is 0 Å². The number of methoxy groups -OCH3 is 2. The zero-order chi connectivity index (χ0) is 16.6. The van der Waals surface area contributed by atoms with E-state index in [0.29, 0.717) is 25.0 Å². The summed E-state index contributed by atoms with van der Waals surface area (Å²) in [4.78, 5) is 0. The van der Waals surface area contributed by atoms with Crippen LogP contribution in [0.5, 0.6) is 0 Å². The first-order chi connectivity index (χ1) is 10.5. The van der Waals surface area contributed by atoms with Gasteiger partial charge in [0.1, 0.15) is 12.2 Å². The fourth-order valence-electron chi connectivity index (χ4n) is 2.46. The van der Waals surface area contributed by atoms with E-state index in [4.69, 9.17) is 25.8 Å². The van der Waals surface area contributed by atoms with Crippen molar-refractivity contribution in [1.29, 1.82) is 0 Å². The number of ether oxygens (including phenoxy) is 3. The topological polar surface area (TPSA) is 27.7 Å². The van der Waals surface area contributed by atoms with Crippen LogP contribution in [0.3, 0.4) is 0 Å². The Hall–Kier alpha value is -0.350. The van der Waals surface area contributed by atoms with Gasteiger partial charge in [-0.05, 0) is 35.8 Å². The average Bonchev–Trinajstić information content (AvgIpc) is 2.51. The third-order valence-corrected chi connectivity index (χ3v) is 5.20. The van der Waals surface area contributed by atoms with E-state index in [1.165, 1.54) is 5.57 Å². The highest BCUT2D eigenvalue weighted by atomic mass is 35.5. The minimum Gasteiger partial charge on any atom is -0.385 e. The lowest BCUT2D eigenvalue weighted by molar-refractivity contribution is -0.0166. The van der Waals surface area contributed by atoms with E-state index < -0.39 is 0 Å². The van der Waals surface area contributed by atoms with E-state index in [-0.39, 0.29) is 17.6 Å². The second-order valence-electron chi connectivity index (χ2n) is 6.60. The smallest absolute Gasteiger partial charge is 0.106 e. The van der Waals surface area contributed by atoms with E-state index in [1.807, 2.05) is 0 Å². The molecule has 3 nitrogen and oxygen atoms in total. The first-order valence-corrected chi connectivity index (χ1v) is 8.58. The molecule has 0 saturated heterocycles. The third-order valence-electron chi connectivity index (χ3n) is 4.58. The summed E-state index contributed by atoms with van der Waals surface area (Å²) < 4.78 is 16.5. The molecule has 22 heavy (non-hydrogen) atoms. The van der Waals surface area contributed by atoms with Gasteiger partial charge < -0.3 is 14.2 Å². The van der Waals surface area contributed by atoms with Crippen molar-refractivity contribution in [2.75, 3.05) is 33.3 Å². The lowest BCUT2D eigenvalue weighted by Crippen LogP contribution is -2.32. The number of halogens is 1. The average molecular weight is 331 g/mol. The Balaban J connectivity index is 2.70. The molecule has 0 spiro atoms. The van der Waals surface area contributed by atoms with Crippen molar-refractivity contribution < 1.29 is 14.2 Å². The zero-order valence-electron chi connectivity index (χ0n) is 14.6. The summed E-state index contributed by atoms with van der Waals surface area (Å²) in [5.41, 5.74) is 1.38. The predicted molar refractivity (Wildman–Crippen MR) is 92.5 cm³/mol. The van der Waals surface area contributed by atoms with Crippen molar-refractivity contribution in [3.05, 3.63) is 23.8 Å². The maximum absolute atomic E-state index is 6.21. The summed E-state index contributed by atoms with van der Waals surface area (Å²) in [7, 11) is 3.43. The quantitative estimate of drug-likeness (QED) is 0.443. The van der Waals surface area contributed by atoms with Crippen molar-refractivity contribution in [2.24, 2.45) is 11.3 Å². The van der Waals surface area contributed by atoms with Crippen LogP contribution in [0.1, 0.15) is 33.6 Å². The minimum absolute atomic E-state index is 0.0207. The molecule has 0 aromatic carbocycles. The van der Waals surface area contributed by atoms with Crippen LogP contribution in [-0.2, 0) is 14.2 Å². The summed E-state index contributed by atoms with van der Waals surface area (Å²) >= 11 is 6.21. The molecule has 4 heteroatoms. The van der Waals surface area contributed by atoms with Crippen LogP contribution in [0.25, 0.3) is 0 Å². The predicted octanol–water partition coefficient (Wildman–Crippen LogP) is 4.21. The molecule has 0 aromatic rings. The highest BCUT2D eigenvalue weighted by molar-refractivity contribution is 6.18. The number of hydrogen-bond acceptors (Lipinski definition) is 3. The van der Waals surface area contributed by atoms with E-state index in [9.17, 15) is 0 Å². The number of allylic oxidation sites excluding steroid dienone is 2. The lowest BCUT2D eigenvalue weighted by Gasteiger charge is -2.34. The fourth-order valence-corrected chi connectivity index (χ4v) is 2.86. The molecule has 0 fully saturated rings. The maximum atomic E-state index is 6.21. The monoisotopic (exact) mass is 330 g/mol. The van der Waals surface area contributed by atoms with Gasteiger partial charge in [-0.15, -0.1) is 11.6 Å². The van der Waals surface area contributed by atoms with Gasteiger partial charge in [0.2, 0.25) is 0 Å². The van der Waals surface area contributed by atoms with Crippen molar-refractivity contribution in [2.45, 2.75) is 45.8 Å². The second-order valence-corrected chi connectivity index (χ2v) is 6.87. The van der Waals surface area contributed by atoms with Crippen LogP contribution < -0.4 is 0 Å². The number of rotatable bonds is 10. The summed E-state index contributed by atoms with van der Waals surface area (Å²) in [6.45, 7) is 8.09. The molecule has 0 amide bonds. The van der Waals surface area contributed by atoms with Gasteiger partial charge in [-0.3, -0.25) is 0 Å². The van der Waals surface area contributed by atoms with Gasteiger partial charge in [-0.1, -0.05) is 32.9 Å². The van der Waals surface area contributed by atoms with Gasteiger partial charge in [0.15, 0.2) is 0 Å². The molecule has 1 aliphatic rings. The maximum Gasteiger partial charge on any atom is 0.106 e. The van der Waals surface area contributed by atoms with E-state index in [2.05, 4.69) is 39.0 Å². The first kappa shape index (κ1) is 19.7. The molecule has 3 atom stereocenters. The molecule has 0 aliphatic heterocycles. The fraction of sp³-hybridized carbons (Fsp3) is 0.778. The van der Waals surface area contributed by atoms with E-state index in [1.54, 1.807) is 14.2 Å². The largest absolute Gasteiger partial charge is 0.385 e. The summed E-state index contributed by atoms with van der Waals surface area (Å²) in [5, 5.41) is 0. The van der Waals surface area contributed by atoms with Crippen molar-refractivity contribution in [3.63, 3.8) is 0 Å². The molecule has 3 unspecified atom stereocenters. The van der Waals surface area contributed by atoms with E-state index in [0.717, 1.165) is 12.8 Å². The Kier molecular flexibility index (Phi) is 8.70. The van der Waals surface area contributed by atoms with Crippen molar-refractivity contribution in [1.82, 2.24) is 0 Å². The molecular formula is C18H31ClO3. The van der Waals surface area contributed by atoms with Crippen LogP contribution in [0.15, 0.2) is 23.8 Å². The normalized spacial score (nSPS) is 24.4. The van der Waals surface area contributed by atoms with Gasteiger partial charge in [0, 0.05) is 33.3 Å². The van der Waals surface area contributed by atoms with Gasteiger partial charge in [0.25, 0.3) is 0 Å². The minimum atomic E-state index is -0.0337. The molecular weight excluding hydrogens is 300 g/mol. The highest BCUT2D eigenvalue weighted by Gasteiger charge is 2.30. The summed E-state index contributed by atoms with van der Waals surface area (Å²) in [6, 6.07) is 0. The third kappa shape index (κ3) is 5.69. The molecule has 0 bridgehead atoms. The Morgan fingerprint density at radius 3 is 2.50 bits per heavy atom. The Bertz CT molecular complexity index is 379. The second kappa shape index (κ2) is 9.71. The summed E-state index contributed by atoms with van der Waals surface area (Å²) in [5.74, 6) is 1.18. The zero-order valence-corrected chi connectivity index (χ0v) is 15.4. The molecule has 128 valence electrons. The number of alkyl halides is 1. The molecule has 0 radical (unpaired) electrons. The van der Waals surface area contributed by atoms with Gasteiger partial charge in [-0.2, -0.15) is 0 Å². The molecule has 1 rings (SSSR count). The van der Waals surface area contributed by atoms with Crippen LogP contribution >= 0.6 is 11.6 Å². The SMILES string of the molecule is COCCCOC1C=C(CC(C)(CCl)C(C)C)C=CC1OC. The molecule has 0 aromatic heterocycles. The Morgan fingerprint density at radius 2 is 1.95 bits per heavy atom. The number of hydrogen-bond donors (Lipinski definition) is 0. The molecule has 1 aliphatic carbocycles. The first-order valence-electron chi connectivity index (χ1n) is 8.05. The lowest BCUT2D eigenvalue weighted by atomic mass is 9.75. The molecule has 0 heterocycles.